The van der Waals surface area contributed by atoms with E-state index in [9.17, 15) is 15.0 Å². The van der Waals surface area contributed by atoms with Crippen LogP contribution in [0.15, 0.2) is 88.4 Å². The summed E-state index contributed by atoms with van der Waals surface area (Å²) < 4.78 is 5.99. The van der Waals surface area contributed by atoms with Gasteiger partial charge in [0.15, 0.2) is 0 Å². The highest BCUT2D eigenvalue weighted by atomic mass is 32.2. The Bertz CT molecular complexity index is 1220. The zero-order valence-electron chi connectivity index (χ0n) is 21.1. The molecule has 3 unspecified atom stereocenters. The molecule has 0 radical (unpaired) electrons. The number of ether oxygens (including phenoxy) is 1. The SMILES string of the molecule is CCc1cc(SC2=C(O)C(CCc3ccccc3)C(c3ccccc3)OC2=O)c(C(C)O)cc1CC. The molecule has 1 aliphatic heterocycles. The molecule has 36 heavy (non-hydrogen) atoms. The van der Waals surface area contributed by atoms with E-state index in [0.717, 1.165) is 35.3 Å². The Morgan fingerprint density at radius 3 is 2.17 bits per heavy atom. The van der Waals surface area contributed by atoms with Gasteiger partial charge >= 0.3 is 5.97 Å². The Labute approximate surface area is 218 Å². The fraction of sp³-hybridized carbons (Fsp3) is 0.323. The third kappa shape index (κ3) is 5.69. The monoisotopic (exact) mass is 502 g/mol. The third-order valence-electron chi connectivity index (χ3n) is 6.84. The fourth-order valence-corrected chi connectivity index (χ4v) is 5.98. The average molecular weight is 503 g/mol. The van der Waals surface area contributed by atoms with Crippen LogP contribution in [-0.2, 0) is 28.8 Å². The van der Waals surface area contributed by atoms with Crippen LogP contribution in [0.5, 0.6) is 0 Å². The largest absolute Gasteiger partial charge is 0.510 e. The zero-order chi connectivity index (χ0) is 25.7. The number of esters is 1. The molecule has 1 aliphatic rings. The normalized spacial score (nSPS) is 18.7. The highest BCUT2D eigenvalue weighted by Gasteiger charge is 2.39. The lowest BCUT2D eigenvalue weighted by molar-refractivity contribution is -0.149. The van der Waals surface area contributed by atoms with Crippen molar-refractivity contribution in [1.82, 2.24) is 0 Å². The molecule has 0 amide bonds. The van der Waals surface area contributed by atoms with Crippen LogP contribution in [0.3, 0.4) is 0 Å². The number of hydrogen-bond acceptors (Lipinski definition) is 5. The predicted molar refractivity (Wildman–Crippen MR) is 145 cm³/mol. The topological polar surface area (TPSA) is 66.8 Å². The predicted octanol–water partition coefficient (Wildman–Crippen LogP) is 7.27. The maximum absolute atomic E-state index is 13.2. The lowest BCUT2D eigenvalue weighted by Gasteiger charge is -2.32. The molecule has 0 saturated heterocycles. The van der Waals surface area contributed by atoms with Gasteiger partial charge in [-0.1, -0.05) is 92.3 Å². The molecule has 3 aromatic rings. The lowest BCUT2D eigenvalue weighted by Crippen LogP contribution is -2.29. The Kier molecular flexibility index (Phi) is 8.55. The van der Waals surface area contributed by atoms with Gasteiger partial charge < -0.3 is 14.9 Å². The van der Waals surface area contributed by atoms with Crippen molar-refractivity contribution < 1.29 is 19.7 Å². The summed E-state index contributed by atoms with van der Waals surface area (Å²) in [6.07, 6.45) is 1.84. The number of benzene rings is 3. The molecule has 5 heteroatoms. The van der Waals surface area contributed by atoms with E-state index >= 15 is 0 Å². The second kappa shape index (κ2) is 11.8. The number of aliphatic hydroxyl groups excluding tert-OH is 2. The summed E-state index contributed by atoms with van der Waals surface area (Å²) in [4.78, 5) is 14.2. The smallest absolute Gasteiger partial charge is 0.349 e. The van der Waals surface area contributed by atoms with Gasteiger partial charge in [0.05, 0.1) is 12.0 Å². The minimum Gasteiger partial charge on any atom is -0.510 e. The van der Waals surface area contributed by atoms with Crippen molar-refractivity contribution in [3.05, 3.63) is 111 Å². The quantitative estimate of drug-likeness (QED) is 0.301. The van der Waals surface area contributed by atoms with Crippen LogP contribution < -0.4 is 0 Å². The first kappa shape index (κ1) is 26.1. The van der Waals surface area contributed by atoms with Crippen LogP contribution in [0.2, 0.25) is 0 Å². The molecule has 188 valence electrons. The summed E-state index contributed by atoms with van der Waals surface area (Å²) in [6, 6.07) is 23.8. The highest BCUT2D eigenvalue weighted by molar-refractivity contribution is 8.04. The lowest BCUT2D eigenvalue weighted by atomic mass is 9.87. The molecule has 0 saturated carbocycles. The standard InChI is InChI=1S/C31H34O4S/c1-4-22-18-26(20(3)32)27(19-23(22)5-2)36-30-28(33)25(17-16-21-12-8-6-9-13-21)29(35-31(30)34)24-14-10-7-11-15-24/h6-15,18-20,25,29,32-33H,4-5,16-17H2,1-3H3. The van der Waals surface area contributed by atoms with Crippen molar-refractivity contribution in [2.75, 3.05) is 0 Å². The minimum absolute atomic E-state index is 0.0650. The van der Waals surface area contributed by atoms with Crippen molar-refractivity contribution in [2.24, 2.45) is 5.92 Å². The Hall–Kier alpha value is -3.02. The van der Waals surface area contributed by atoms with Gasteiger partial charge in [-0.15, -0.1) is 0 Å². The van der Waals surface area contributed by atoms with Crippen molar-refractivity contribution in [2.45, 2.75) is 63.6 Å². The van der Waals surface area contributed by atoms with E-state index in [0.29, 0.717) is 6.42 Å². The summed E-state index contributed by atoms with van der Waals surface area (Å²) in [6.45, 7) is 5.92. The van der Waals surface area contributed by atoms with Crippen molar-refractivity contribution in [1.29, 1.82) is 0 Å². The molecule has 0 spiro atoms. The van der Waals surface area contributed by atoms with Crippen LogP contribution >= 0.6 is 11.8 Å². The summed E-state index contributed by atoms with van der Waals surface area (Å²) in [5.74, 6) is -0.838. The second-order valence-corrected chi connectivity index (χ2v) is 10.3. The Morgan fingerprint density at radius 2 is 1.56 bits per heavy atom. The van der Waals surface area contributed by atoms with Crippen LogP contribution in [0.1, 0.15) is 67.2 Å². The molecule has 3 atom stereocenters. The van der Waals surface area contributed by atoms with Crippen LogP contribution in [0.4, 0.5) is 0 Å². The number of aliphatic hydroxyl groups is 2. The zero-order valence-corrected chi connectivity index (χ0v) is 21.9. The molecular formula is C31H34O4S. The van der Waals surface area contributed by atoms with Gasteiger partial charge in [0.25, 0.3) is 0 Å². The number of thioether (sulfide) groups is 1. The fourth-order valence-electron chi connectivity index (χ4n) is 4.83. The van der Waals surface area contributed by atoms with Gasteiger partial charge in [-0.05, 0) is 66.5 Å². The van der Waals surface area contributed by atoms with E-state index in [1.807, 2.05) is 60.7 Å². The van der Waals surface area contributed by atoms with E-state index < -0.39 is 18.2 Å². The number of hydrogen-bond donors (Lipinski definition) is 2. The van der Waals surface area contributed by atoms with E-state index in [2.05, 4.69) is 26.0 Å². The van der Waals surface area contributed by atoms with Crippen molar-refractivity contribution in [3.8, 4) is 0 Å². The third-order valence-corrected chi connectivity index (χ3v) is 7.99. The van der Waals surface area contributed by atoms with Gasteiger partial charge in [-0.3, -0.25) is 0 Å². The van der Waals surface area contributed by atoms with Crippen LogP contribution in [-0.4, -0.2) is 16.2 Å². The molecule has 0 bridgehead atoms. The summed E-state index contributed by atoms with van der Waals surface area (Å²) >= 11 is 1.20. The minimum atomic E-state index is -0.697. The Morgan fingerprint density at radius 1 is 0.944 bits per heavy atom. The number of carbonyl (C=O) groups is 1. The molecule has 0 fully saturated rings. The molecule has 4 rings (SSSR count). The van der Waals surface area contributed by atoms with E-state index in [-0.39, 0.29) is 16.6 Å². The Balaban J connectivity index is 1.73. The maximum atomic E-state index is 13.2. The first-order chi connectivity index (χ1) is 17.4. The van der Waals surface area contributed by atoms with E-state index in [1.165, 1.54) is 28.5 Å². The van der Waals surface area contributed by atoms with Gasteiger partial charge in [0.1, 0.15) is 16.8 Å². The molecule has 0 aromatic heterocycles. The van der Waals surface area contributed by atoms with E-state index in [1.54, 1.807) is 6.92 Å². The first-order valence-electron chi connectivity index (χ1n) is 12.7. The van der Waals surface area contributed by atoms with Gasteiger partial charge in [0, 0.05) is 4.90 Å². The number of aryl methyl sites for hydroxylation is 3. The molecule has 1 heterocycles. The number of carbonyl (C=O) groups excluding carboxylic acids is 1. The van der Waals surface area contributed by atoms with Crippen LogP contribution in [0, 0.1) is 5.92 Å². The molecule has 3 aromatic carbocycles. The molecular weight excluding hydrogens is 468 g/mol. The van der Waals surface area contributed by atoms with Gasteiger partial charge in [0.2, 0.25) is 0 Å². The highest BCUT2D eigenvalue weighted by Crippen LogP contribution is 2.45. The summed E-state index contributed by atoms with van der Waals surface area (Å²) in [5.41, 5.74) is 5.16. The molecule has 0 aliphatic carbocycles. The van der Waals surface area contributed by atoms with Gasteiger partial charge in [-0.2, -0.15) is 0 Å². The molecule has 2 N–H and O–H groups in total. The van der Waals surface area contributed by atoms with Gasteiger partial charge in [-0.25, -0.2) is 4.79 Å². The summed E-state index contributed by atoms with van der Waals surface area (Å²) in [5, 5.41) is 22.0. The van der Waals surface area contributed by atoms with E-state index in [4.69, 9.17) is 4.74 Å². The first-order valence-corrected chi connectivity index (χ1v) is 13.5. The second-order valence-electron chi connectivity index (χ2n) is 9.23. The number of cyclic esters (lactones) is 1. The van der Waals surface area contributed by atoms with Crippen molar-refractivity contribution in [3.63, 3.8) is 0 Å². The number of rotatable bonds is 9. The average Bonchev–Trinajstić information content (AvgIpc) is 2.90. The van der Waals surface area contributed by atoms with Crippen LogP contribution in [0.25, 0.3) is 0 Å². The summed E-state index contributed by atoms with van der Waals surface area (Å²) in [7, 11) is 0. The van der Waals surface area contributed by atoms with Crippen molar-refractivity contribution >= 4 is 17.7 Å². The maximum Gasteiger partial charge on any atom is 0.349 e. The molecule has 4 nitrogen and oxygen atoms in total.